The fourth-order valence-corrected chi connectivity index (χ4v) is 2.92. The number of carbonyl (C=O) groups excluding carboxylic acids is 2. The first-order chi connectivity index (χ1) is 11.8. The molecule has 0 saturated carbocycles. The van der Waals surface area contributed by atoms with E-state index in [9.17, 15) is 9.59 Å². The lowest BCUT2D eigenvalue weighted by Crippen LogP contribution is -2.32. The number of para-hydroxylation sites is 1. The van der Waals surface area contributed by atoms with E-state index in [-0.39, 0.29) is 24.8 Å². The Morgan fingerprint density at radius 2 is 1.68 bits per heavy atom. The summed E-state index contributed by atoms with van der Waals surface area (Å²) in [7, 11) is 0. The lowest BCUT2D eigenvalue weighted by molar-refractivity contribution is -0.117. The lowest BCUT2D eigenvalue weighted by atomic mass is 10.2. The second kappa shape index (κ2) is 8.56. The van der Waals surface area contributed by atoms with Gasteiger partial charge in [0, 0.05) is 30.6 Å². The van der Waals surface area contributed by atoms with E-state index in [1.54, 1.807) is 30.3 Å². The third kappa shape index (κ3) is 5.11. The largest absolute Gasteiger partial charge is 0.323 e. The smallest absolute Gasteiger partial charge is 0.226 e. The number of amides is 2. The van der Waals surface area contributed by atoms with Gasteiger partial charge in [-0.05, 0) is 36.8 Å². The Kier molecular flexibility index (Phi) is 6.71. The number of hydrogen-bond acceptors (Lipinski definition) is 2. The van der Waals surface area contributed by atoms with Crippen LogP contribution in [-0.2, 0) is 9.59 Å². The summed E-state index contributed by atoms with van der Waals surface area (Å²) < 4.78 is 0. The van der Waals surface area contributed by atoms with Crippen molar-refractivity contribution in [3.8, 4) is 0 Å². The molecule has 0 radical (unpaired) electrons. The first-order valence-electron chi connectivity index (χ1n) is 7.57. The maximum absolute atomic E-state index is 12.2. The van der Waals surface area contributed by atoms with E-state index < -0.39 is 0 Å². The molecule has 0 spiro atoms. The molecule has 4 nitrogen and oxygen atoms in total. The summed E-state index contributed by atoms with van der Waals surface area (Å²) in [5, 5.41) is 3.96. The van der Waals surface area contributed by atoms with Crippen molar-refractivity contribution in [3.63, 3.8) is 0 Å². The number of nitrogens with zero attached hydrogens (tertiary/aromatic N) is 1. The van der Waals surface area contributed by atoms with Crippen molar-refractivity contribution < 1.29 is 9.59 Å². The summed E-state index contributed by atoms with van der Waals surface area (Å²) >= 11 is 18.2. The van der Waals surface area contributed by atoms with Crippen LogP contribution in [0.4, 0.5) is 11.4 Å². The molecule has 25 heavy (non-hydrogen) atoms. The zero-order valence-corrected chi connectivity index (χ0v) is 16.0. The van der Waals surface area contributed by atoms with Gasteiger partial charge in [-0.15, -0.1) is 0 Å². The first kappa shape index (κ1) is 19.6. The molecule has 1 N–H and O–H groups in total. The van der Waals surface area contributed by atoms with Crippen LogP contribution in [0.5, 0.6) is 0 Å². The third-order valence-corrected chi connectivity index (χ3v) is 4.67. The van der Waals surface area contributed by atoms with Crippen molar-refractivity contribution in [2.75, 3.05) is 16.8 Å². The van der Waals surface area contributed by atoms with E-state index in [1.807, 2.05) is 13.0 Å². The fraction of sp³-hybridized carbons (Fsp3) is 0.222. The van der Waals surface area contributed by atoms with Gasteiger partial charge in [0.2, 0.25) is 11.8 Å². The molecule has 0 fully saturated rings. The Morgan fingerprint density at radius 3 is 2.24 bits per heavy atom. The van der Waals surface area contributed by atoms with Gasteiger partial charge < -0.3 is 10.2 Å². The topological polar surface area (TPSA) is 49.4 Å². The average Bonchev–Trinajstić information content (AvgIpc) is 2.54. The summed E-state index contributed by atoms with van der Waals surface area (Å²) in [6, 6.07) is 10.3. The quantitative estimate of drug-likeness (QED) is 0.738. The van der Waals surface area contributed by atoms with Crippen molar-refractivity contribution in [1.82, 2.24) is 0 Å². The standard InChI is InChI=1S/C18H17Cl3N2O2/c1-11-6-7-13(10-16(11)21)23(12(2)24)9-8-17(25)22-18-14(19)4-3-5-15(18)20/h3-7,10H,8-9H2,1-2H3,(H,22,25). The summed E-state index contributed by atoms with van der Waals surface area (Å²) in [4.78, 5) is 25.6. The van der Waals surface area contributed by atoms with Gasteiger partial charge in [0.25, 0.3) is 0 Å². The van der Waals surface area contributed by atoms with Gasteiger partial charge in [-0.1, -0.05) is 46.9 Å². The van der Waals surface area contributed by atoms with Crippen molar-refractivity contribution >= 4 is 58.0 Å². The van der Waals surface area contributed by atoms with Gasteiger partial charge >= 0.3 is 0 Å². The normalized spacial score (nSPS) is 10.4. The van der Waals surface area contributed by atoms with E-state index in [0.717, 1.165) is 5.56 Å². The van der Waals surface area contributed by atoms with Crippen LogP contribution < -0.4 is 10.2 Å². The number of nitrogens with one attached hydrogen (secondary N) is 1. The van der Waals surface area contributed by atoms with Crippen LogP contribution in [0.1, 0.15) is 18.9 Å². The second-order valence-electron chi connectivity index (χ2n) is 5.50. The maximum atomic E-state index is 12.2. The molecular weight excluding hydrogens is 383 g/mol. The Balaban J connectivity index is 2.07. The highest BCUT2D eigenvalue weighted by atomic mass is 35.5. The van der Waals surface area contributed by atoms with Crippen LogP contribution in [-0.4, -0.2) is 18.4 Å². The molecule has 0 atom stereocenters. The molecule has 2 aromatic carbocycles. The molecule has 0 aliphatic rings. The maximum Gasteiger partial charge on any atom is 0.226 e. The number of halogens is 3. The van der Waals surface area contributed by atoms with E-state index in [0.29, 0.717) is 26.4 Å². The predicted molar refractivity (Wildman–Crippen MR) is 104 cm³/mol. The van der Waals surface area contributed by atoms with E-state index in [2.05, 4.69) is 5.32 Å². The number of benzene rings is 2. The minimum absolute atomic E-state index is 0.0899. The monoisotopic (exact) mass is 398 g/mol. The van der Waals surface area contributed by atoms with Gasteiger partial charge in [-0.3, -0.25) is 9.59 Å². The molecule has 0 unspecified atom stereocenters. The molecule has 132 valence electrons. The van der Waals surface area contributed by atoms with E-state index in [1.165, 1.54) is 11.8 Å². The molecule has 0 aliphatic carbocycles. The number of carbonyl (C=O) groups is 2. The van der Waals surface area contributed by atoms with E-state index >= 15 is 0 Å². The average molecular weight is 400 g/mol. The summed E-state index contributed by atoms with van der Waals surface area (Å²) in [5.41, 5.74) is 1.93. The lowest BCUT2D eigenvalue weighted by Gasteiger charge is -2.21. The summed E-state index contributed by atoms with van der Waals surface area (Å²) in [6.07, 6.45) is 0.0899. The number of aryl methyl sites for hydroxylation is 1. The molecule has 0 aromatic heterocycles. The van der Waals surface area contributed by atoms with Crippen LogP contribution in [0, 0.1) is 6.92 Å². The third-order valence-electron chi connectivity index (χ3n) is 3.64. The number of rotatable bonds is 5. The molecule has 0 saturated heterocycles. The molecular formula is C18H17Cl3N2O2. The predicted octanol–water partition coefficient (Wildman–Crippen LogP) is 5.34. The SMILES string of the molecule is CC(=O)N(CCC(=O)Nc1c(Cl)cccc1Cl)c1ccc(C)c(Cl)c1. The molecule has 0 bridgehead atoms. The van der Waals surface area contributed by atoms with E-state index in [4.69, 9.17) is 34.8 Å². The minimum atomic E-state index is -0.292. The molecule has 7 heteroatoms. The minimum Gasteiger partial charge on any atom is -0.323 e. The molecule has 2 aromatic rings. The first-order valence-corrected chi connectivity index (χ1v) is 8.71. The highest BCUT2D eigenvalue weighted by molar-refractivity contribution is 6.39. The zero-order valence-electron chi connectivity index (χ0n) is 13.8. The number of anilines is 2. The van der Waals surface area contributed by atoms with Gasteiger partial charge in [0.1, 0.15) is 0 Å². The second-order valence-corrected chi connectivity index (χ2v) is 6.72. The van der Waals surface area contributed by atoms with Crippen molar-refractivity contribution in [3.05, 3.63) is 57.0 Å². The van der Waals surface area contributed by atoms with Crippen LogP contribution in [0.2, 0.25) is 15.1 Å². The molecule has 2 amide bonds. The summed E-state index contributed by atoms with van der Waals surface area (Å²) in [5.74, 6) is -0.469. The van der Waals surface area contributed by atoms with Gasteiger partial charge in [0.05, 0.1) is 15.7 Å². The van der Waals surface area contributed by atoms with Crippen LogP contribution in [0.15, 0.2) is 36.4 Å². The Labute approximate surface area is 161 Å². The van der Waals surface area contributed by atoms with Crippen LogP contribution >= 0.6 is 34.8 Å². The van der Waals surface area contributed by atoms with Gasteiger partial charge in [0.15, 0.2) is 0 Å². The molecule has 2 rings (SSSR count). The summed E-state index contributed by atoms with van der Waals surface area (Å²) in [6.45, 7) is 3.53. The molecule has 0 aliphatic heterocycles. The van der Waals surface area contributed by atoms with Crippen LogP contribution in [0.25, 0.3) is 0 Å². The van der Waals surface area contributed by atoms with Crippen molar-refractivity contribution in [1.29, 1.82) is 0 Å². The Bertz CT molecular complexity index is 789. The molecule has 0 heterocycles. The zero-order chi connectivity index (χ0) is 18.6. The van der Waals surface area contributed by atoms with Gasteiger partial charge in [-0.25, -0.2) is 0 Å². The Morgan fingerprint density at radius 1 is 1.04 bits per heavy atom. The Hall–Kier alpha value is -1.75. The number of hydrogen-bond donors (Lipinski definition) is 1. The highest BCUT2D eigenvalue weighted by Crippen LogP contribution is 2.30. The van der Waals surface area contributed by atoms with Crippen molar-refractivity contribution in [2.45, 2.75) is 20.3 Å². The van der Waals surface area contributed by atoms with Gasteiger partial charge in [-0.2, -0.15) is 0 Å². The fourth-order valence-electron chi connectivity index (χ4n) is 2.25. The van der Waals surface area contributed by atoms with Crippen molar-refractivity contribution in [2.24, 2.45) is 0 Å². The highest BCUT2D eigenvalue weighted by Gasteiger charge is 2.16. The van der Waals surface area contributed by atoms with Crippen LogP contribution in [0.3, 0.4) is 0 Å².